The van der Waals surface area contributed by atoms with Crippen molar-refractivity contribution in [2.45, 2.75) is 13.8 Å². The second-order valence-corrected chi connectivity index (χ2v) is 1.95. The fourth-order valence-electron chi connectivity index (χ4n) is 0.407. The first kappa shape index (κ1) is 9.62. The Morgan fingerprint density at radius 2 is 1.91 bits per heavy atom. The molecule has 3 nitrogen and oxygen atoms in total. The van der Waals surface area contributed by atoms with Crippen LogP contribution in [0.15, 0.2) is 24.4 Å². The molecule has 0 fully saturated rings. The van der Waals surface area contributed by atoms with Crippen LogP contribution >= 0.6 is 0 Å². The molecule has 0 bridgehead atoms. The minimum absolute atomic E-state index is 0.138. The molecule has 0 rings (SSSR count). The molecule has 0 unspecified atom stereocenters. The van der Waals surface area contributed by atoms with E-state index in [0.717, 1.165) is 0 Å². The van der Waals surface area contributed by atoms with Gasteiger partial charge >= 0.3 is 0 Å². The number of rotatable bonds is 3. The Kier molecular flexibility index (Phi) is 4.73. The Morgan fingerprint density at radius 3 is 2.36 bits per heavy atom. The normalized spacial score (nSPS) is 10.7. The molecule has 60 valence electrons. The lowest BCUT2D eigenvalue weighted by molar-refractivity contribution is -0.116. The number of carbonyl (C=O) groups is 2. The third-order valence-electron chi connectivity index (χ3n) is 0.862. The van der Waals surface area contributed by atoms with Gasteiger partial charge in [0, 0.05) is 6.08 Å². The molecule has 0 aromatic rings. The molecule has 0 aliphatic carbocycles. The third kappa shape index (κ3) is 6.51. The summed E-state index contributed by atoms with van der Waals surface area (Å²) in [5, 5.41) is 2.43. The quantitative estimate of drug-likeness (QED) is 0.609. The topological polar surface area (TPSA) is 46.2 Å². The van der Waals surface area contributed by atoms with Crippen LogP contribution in [-0.4, -0.2) is 11.7 Å². The summed E-state index contributed by atoms with van der Waals surface area (Å²) in [6.45, 7) is 3.18. The van der Waals surface area contributed by atoms with Gasteiger partial charge in [-0.1, -0.05) is 6.08 Å². The van der Waals surface area contributed by atoms with Crippen molar-refractivity contribution in [2.24, 2.45) is 0 Å². The largest absolute Gasteiger partial charge is 0.329 e. The predicted octanol–water partition coefficient (Wildman–Crippen LogP) is 0.781. The highest BCUT2D eigenvalue weighted by Crippen LogP contribution is 1.76. The Bertz CT molecular complexity index is 204. The summed E-state index contributed by atoms with van der Waals surface area (Å²) < 4.78 is 0. The first-order valence-corrected chi connectivity index (χ1v) is 3.27. The number of amides is 1. The molecule has 0 aliphatic heterocycles. The van der Waals surface area contributed by atoms with E-state index >= 15 is 0 Å². The smallest absolute Gasteiger partial charge is 0.248 e. The number of ketones is 1. The van der Waals surface area contributed by atoms with Crippen molar-refractivity contribution in [1.29, 1.82) is 0 Å². The van der Waals surface area contributed by atoms with Crippen LogP contribution in [0.3, 0.4) is 0 Å². The number of hydrogen-bond donors (Lipinski definition) is 1. The van der Waals surface area contributed by atoms with Crippen molar-refractivity contribution in [1.82, 2.24) is 5.32 Å². The average molecular weight is 153 g/mol. The Balaban J connectivity index is 3.78. The number of nitrogens with one attached hydrogen (secondary N) is 1. The van der Waals surface area contributed by atoms with E-state index < -0.39 is 0 Å². The van der Waals surface area contributed by atoms with Crippen molar-refractivity contribution in [3.8, 4) is 0 Å². The summed E-state index contributed by atoms with van der Waals surface area (Å²) in [6, 6.07) is 0. The van der Waals surface area contributed by atoms with E-state index in [0.29, 0.717) is 0 Å². The van der Waals surface area contributed by atoms with Crippen molar-refractivity contribution in [2.75, 3.05) is 0 Å². The first-order chi connectivity index (χ1) is 5.16. The van der Waals surface area contributed by atoms with Gasteiger partial charge in [-0.05, 0) is 26.1 Å². The molecule has 0 spiro atoms. The first-order valence-electron chi connectivity index (χ1n) is 3.27. The molecule has 0 saturated heterocycles. The van der Waals surface area contributed by atoms with E-state index in [1.165, 1.54) is 25.3 Å². The molecule has 1 N–H and O–H groups in total. The van der Waals surface area contributed by atoms with Crippen LogP contribution in [0.5, 0.6) is 0 Å². The minimum atomic E-state index is -0.293. The van der Waals surface area contributed by atoms with Crippen LogP contribution in [0.25, 0.3) is 0 Å². The summed E-state index contributed by atoms with van der Waals surface area (Å²) in [6.07, 6.45) is 5.62. The van der Waals surface area contributed by atoms with Crippen molar-refractivity contribution in [3.63, 3.8) is 0 Å². The molecule has 0 atom stereocenters. The molecule has 0 saturated carbocycles. The van der Waals surface area contributed by atoms with E-state index in [2.05, 4.69) is 5.32 Å². The van der Waals surface area contributed by atoms with Gasteiger partial charge in [-0.15, -0.1) is 0 Å². The molecule has 11 heavy (non-hydrogen) atoms. The van der Waals surface area contributed by atoms with Gasteiger partial charge in [0.15, 0.2) is 5.78 Å². The fraction of sp³-hybridized carbons (Fsp3) is 0.250. The van der Waals surface area contributed by atoms with Gasteiger partial charge in [-0.3, -0.25) is 9.59 Å². The maximum absolute atomic E-state index is 10.7. The molecule has 0 aromatic carbocycles. The molecular formula is C8H11NO2. The van der Waals surface area contributed by atoms with Crippen LogP contribution in [0.4, 0.5) is 0 Å². The summed E-state index contributed by atoms with van der Waals surface area (Å²) in [5.74, 6) is -0.432. The van der Waals surface area contributed by atoms with Crippen LogP contribution in [0, 0.1) is 0 Å². The Labute approximate surface area is 65.8 Å². The van der Waals surface area contributed by atoms with Gasteiger partial charge < -0.3 is 5.32 Å². The summed E-state index contributed by atoms with van der Waals surface area (Å²) >= 11 is 0. The summed E-state index contributed by atoms with van der Waals surface area (Å²) in [7, 11) is 0. The van der Waals surface area contributed by atoms with Gasteiger partial charge in [-0.2, -0.15) is 0 Å². The second kappa shape index (κ2) is 5.41. The van der Waals surface area contributed by atoms with Gasteiger partial charge in [0.1, 0.15) is 0 Å². The van der Waals surface area contributed by atoms with Crippen LogP contribution < -0.4 is 5.32 Å². The highest BCUT2D eigenvalue weighted by atomic mass is 16.1. The van der Waals surface area contributed by atoms with Gasteiger partial charge in [0.05, 0.1) is 0 Å². The summed E-state index contributed by atoms with van der Waals surface area (Å²) in [5.41, 5.74) is 0. The van der Waals surface area contributed by atoms with Gasteiger partial charge in [0.2, 0.25) is 5.91 Å². The van der Waals surface area contributed by atoms with Crippen LogP contribution in [0.2, 0.25) is 0 Å². The van der Waals surface area contributed by atoms with Gasteiger partial charge in [-0.25, -0.2) is 0 Å². The molecular weight excluding hydrogens is 142 g/mol. The zero-order valence-electron chi connectivity index (χ0n) is 6.63. The Morgan fingerprint density at radius 1 is 1.27 bits per heavy atom. The Hall–Kier alpha value is -1.38. The van der Waals surface area contributed by atoms with E-state index in [-0.39, 0.29) is 11.7 Å². The van der Waals surface area contributed by atoms with E-state index in [9.17, 15) is 9.59 Å². The van der Waals surface area contributed by atoms with Crippen molar-refractivity contribution < 1.29 is 9.59 Å². The van der Waals surface area contributed by atoms with E-state index in [4.69, 9.17) is 0 Å². The standard InChI is InChI=1S/C8H11NO2/c1-3-6-9-8(11)5-4-7(2)10/h3-6H,1-2H3,(H,9,11)/b5-4-,6-3+. The lowest BCUT2D eigenvalue weighted by Crippen LogP contribution is -2.13. The van der Waals surface area contributed by atoms with Gasteiger partial charge in [0.25, 0.3) is 0 Å². The molecule has 3 heteroatoms. The molecule has 0 aliphatic rings. The monoisotopic (exact) mass is 153 g/mol. The zero-order chi connectivity index (χ0) is 8.69. The maximum atomic E-state index is 10.7. The molecule has 0 radical (unpaired) electrons. The lowest BCUT2D eigenvalue weighted by atomic mass is 10.4. The average Bonchev–Trinajstić information content (AvgIpc) is 1.97. The van der Waals surface area contributed by atoms with Crippen molar-refractivity contribution >= 4 is 11.7 Å². The molecule has 0 heterocycles. The fourth-order valence-corrected chi connectivity index (χ4v) is 0.407. The van der Waals surface area contributed by atoms with Crippen molar-refractivity contribution in [3.05, 3.63) is 24.4 Å². The molecule has 0 aromatic heterocycles. The molecule has 1 amide bonds. The van der Waals surface area contributed by atoms with Crippen LogP contribution in [-0.2, 0) is 9.59 Å². The van der Waals surface area contributed by atoms with E-state index in [1.807, 2.05) is 0 Å². The predicted molar refractivity (Wildman–Crippen MR) is 42.8 cm³/mol. The number of carbonyl (C=O) groups excluding carboxylic acids is 2. The zero-order valence-corrected chi connectivity index (χ0v) is 6.63. The SMILES string of the molecule is C/C=C/NC(=O)/C=C\C(C)=O. The second-order valence-electron chi connectivity index (χ2n) is 1.95. The number of hydrogen-bond acceptors (Lipinski definition) is 2. The summed E-state index contributed by atoms with van der Waals surface area (Å²) in [4.78, 5) is 21.0. The highest BCUT2D eigenvalue weighted by molar-refractivity contribution is 5.96. The minimum Gasteiger partial charge on any atom is -0.329 e. The third-order valence-corrected chi connectivity index (χ3v) is 0.862. The highest BCUT2D eigenvalue weighted by Gasteiger charge is 1.89. The maximum Gasteiger partial charge on any atom is 0.248 e. The van der Waals surface area contributed by atoms with E-state index in [1.54, 1.807) is 13.0 Å². The van der Waals surface area contributed by atoms with Crippen LogP contribution in [0.1, 0.15) is 13.8 Å². The lowest BCUT2D eigenvalue weighted by Gasteiger charge is -1.89. The number of allylic oxidation sites excluding steroid dienone is 2.